The number of carbonyl (C=O) groups excluding carboxylic acids is 2. The Hall–Kier alpha value is -1.84. The molecule has 4 aliphatic rings. The maximum Gasteiger partial charge on any atom is 0.333 e. The summed E-state index contributed by atoms with van der Waals surface area (Å²) in [6, 6.07) is 0. The van der Waals surface area contributed by atoms with E-state index in [4.69, 9.17) is 9.47 Å². The van der Waals surface area contributed by atoms with Gasteiger partial charge in [0.25, 0.3) is 0 Å². The fraction of sp³-hybridized carbons (Fsp3) is 0.692. The van der Waals surface area contributed by atoms with Gasteiger partial charge in [0.05, 0.1) is 7.11 Å². The molecule has 2 bridgehead atoms. The topological polar surface area (TPSA) is 52.6 Å². The number of hydrogen-bond donors (Lipinski definition) is 0. The van der Waals surface area contributed by atoms with E-state index in [1.54, 1.807) is 13.0 Å². The highest BCUT2D eigenvalue weighted by atomic mass is 16.6. The van der Waals surface area contributed by atoms with Gasteiger partial charge in [0, 0.05) is 11.0 Å². The number of rotatable bonds is 3. The molecule has 0 aromatic rings. The first kappa shape index (κ1) is 21.4. The Balaban J connectivity index is 1.74. The van der Waals surface area contributed by atoms with Crippen molar-refractivity contribution in [3.05, 3.63) is 35.5 Å². The molecule has 4 rings (SSSR count). The summed E-state index contributed by atoms with van der Waals surface area (Å²) in [5, 5.41) is 0. The van der Waals surface area contributed by atoms with Crippen LogP contribution in [0.1, 0.15) is 73.1 Å². The van der Waals surface area contributed by atoms with E-state index in [9.17, 15) is 9.59 Å². The Morgan fingerprint density at radius 2 is 1.87 bits per heavy atom. The van der Waals surface area contributed by atoms with E-state index in [1.165, 1.54) is 19.1 Å². The minimum absolute atomic E-state index is 0.0876. The van der Waals surface area contributed by atoms with Crippen molar-refractivity contribution in [3.63, 3.8) is 0 Å². The number of hydrogen-bond acceptors (Lipinski definition) is 4. The summed E-state index contributed by atoms with van der Waals surface area (Å²) in [5.41, 5.74) is 1.56. The van der Waals surface area contributed by atoms with Crippen LogP contribution < -0.4 is 0 Å². The zero-order valence-electron chi connectivity index (χ0n) is 19.3. The zero-order valence-corrected chi connectivity index (χ0v) is 19.3. The smallest absolute Gasteiger partial charge is 0.333 e. The Labute approximate surface area is 180 Å². The number of ether oxygens (including phenoxy) is 2. The number of fused-ring (bicyclic) bond motifs is 3. The van der Waals surface area contributed by atoms with Crippen molar-refractivity contribution in [2.24, 2.45) is 27.6 Å². The SMILES string of the molecule is CC=C(C)C(=O)OC1CCC2(C)C3=CCC4(C)C=CC3(CCC2C1(C)C(=O)OC)C4. The molecule has 2 fully saturated rings. The van der Waals surface area contributed by atoms with Crippen molar-refractivity contribution in [2.45, 2.75) is 79.2 Å². The Kier molecular flexibility index (Phi) is 4.87. The van der Waals surface area contributed by atoms with Crippen molar-refractivity contribution in [2.75, 3.05) is 7.11 Å². The first-order valence-corrected chi connectivity index (χ1v) is 11.4. The van der Waals surface area contributed by atoms with Crippen LogP contribution in [0.5, 0.6) is 0 Å². The van der Waals surface area contributed by atoms with Gasteiger partial charge in [-0.1, -0.05) is 43.7 Å². The molecule has 6 unspecified atom stereocenters. The maximum absolute atomic E-state index is 13.2. The Bertz CT molecular complexity index is 866. The highest BCUT2D eigenvalue weighted by Gasteiger charge is 2.66. The summed E-state index contributed by atoms with van der Waals surface area (Å²) < 4.78 is 11.3. The third kappa shape index (κ3) is 2.78. The fourth-order valence-corrected chi connectivity index (χ4v) is 7.32. The van der Waals surface area contributed by atoms with Crippen LogP contribution in [-0.2, 0) is 19.1 Å². The third-order valence-electron chi connectivity index (χ3n) is 9.04. The van der Waals surface area contributed by atoms with Gasteiger partial charge >= 0.3 is 11.9 Å². The van der Waals surface area contributed by atoms with E-state index >= 15 is 0 Å². The molecule has 0 saturated heterocycles. The normalized spacial score (nSPS) is 44.6. The lowest BCUT2D eigenvalue weighted by Gasteiger charge is -2.61. The van der Waals surface area contributed by atoms with E-state index < -0.39 is 11.5 Å². The van der Waals surface area contributed by atoms with Crippen LogP contribution in [0.2, 0.25) is 0 Å². The van der Waals surface area contributed by atoms with Gasteiger partial charge in [-0.05, 0) is 76.0 Å². The third-order valence-corrected chi connectivity index (χ3v) is 9.04. The molecule has 0 heterocycles. The van der Waals surface area contributed by atoms with Crippen molar-refractivity contribution >= 4 is 11.9 Å². The van der Waals surface area contributed by atoms with E-state index in [-0.39, 0.29) is 34.1 Å². The molecule has 4 aliphatic carbocycles. The van der Waals surface area contributed by atoms with Gasteiger partial charge in [-0.2, -0.15) is 0 Å². The molecule has 0 N–H and O–H groups in total. The van der Waals surface area contributed by atoms with Crippen molar-refractivity contribution in [1.29, 1.82) is 0 Å². The second-order valence-electron chi connectivity index (χ2n) is 10.8. The lowest BCUT2D eigenvalue weighted by molar-refractivity contribution is -0.191. The summed E-state index contributed by atoms with van der Waals surface area (Å²) in [6.45, 7) is 10.3. The largest absolute Gasteiger partial charge is 0.468 e. The molecule has 0 radical (unpaired) electrons. The molecule has 0 aliphatic heterocycles. The van der Waals surface area contributed by atoms with E-state index in [0.29, 0.717) is 12.0 Å². The molecule has 0 aromatic heterocycles. The summed E-state index contributed by atoms with van der Waals surface area (Å²) in [4.78, 5) is 25.8. The molecule has 4 heteroatoms. The maximum atomic E-state index is 13.2. The second-order valence-corrected chi connectivity index (χ2v) is 10.8. The number of allylic oxidation sites excluding steroid dienone is 5. The highest BCUT2D eigenvalue weighted by Crippen LogP contribution is 2.70. The number of carbonyl (C=O) groups is 2. The molecule has 1 spiro atoms. The summed E-state index contributed by atoms with van der Waals surface area (Å²) in [5.74, 6) is -0.501. The lowest BCUT2D eigenvalue weighted by atomic mass is 9.43. The summed E-state index contributed by atoms with van der Waals surface area (Å²) in [6.07, 6.45) is 14.5. The molecule has 6 atom stereocenters. The lowest BCUT2D eigenvalue weighted by Crippen LogP contribution is -2.60. The molecule has 164 valence electrons. The quantitative estimate of drug-likeness (QED) is 0.347. The van der Waals surface area contributed by atoms with Gasteiger partial charge in [-0.3, -0.25) is 4.79 Å². The number of methoxy groups -OCH3 is 1. The van der Waals surface area contributed by atoms with Gasteiger partial charge in [0.1, 0.15) is 11.5 Å². The average molecular weight is 413 g/mol. The number of esters is 2. The summed E-state index contributed by atoms with van der Waals surface area (Å²) in [7, 11) is 1.45. The van der Waals surface area contributed by atoms with Crippen LogP contribution in [0.15, 0.2) is 35.5 Å². The van der Waals surface area contributed by atoms with Crippen molar-refractivity contribution in [1.82, 2.24) is 0 Å². The molecular formula is C26H36O4. The van der Waals surface area contributed by atoms with Gasteiger partial charge in [-0.25, -0.2) is 4.79 Å². The van der Waals surface area contributed by atoms with Gasteiger partial charge in [0.15, 0.2) is 0 Å². The first-order valence-electron chi connectivity index (χ1n) is 11.4. The standard InChI is InChI=1S/C26H36O4/c1-7-17(2)21(27)30-20-10-12-24(4)18(25(20,5)22(28)29-6)9-13-26-15-14-23(3,16-26)11-8-19(24)26/h7-8,14-15,18,20H,9-13,16H2,1-6H3. The highest BCUT2D eigenvalue weighted by molar-refractivity contribution is 5.88. The monoisotopic (exact) mass is 412 g/mol. The zero-order chi connectivity index (χ0) is 21.9. The molecule has 0 amide bonds. The first-order chi connectivity index (χ1) is 14.0. The Morgan fingerprint density at radius 1 is 1.13 bits per heavy atom. The second kappa shape index (κ2) is 6.83. The van der Waals surface area contributed by atoms with Gasteiger partial charge < -0.3 is 9.47 Å². The van der Waals surface area contributed by atoms with Gasteiger partial charge in [0.2, 0.25) is 0 Å². The van der Waals surface area contributed by atoms with Crippen molar-refractivity contribution in [3.8, 4) is 0 Å². The van der Waals surface area contributed by atoms with Crippen LogP contribution in [-0.4, -0.2) is 25.2 Å². The molecule has 4 nitrogen and oxygen atoms in total. The van der Waals surface area contributed by atoms with E-state index in [0.717, 1.165) is 25.7 Å². The van der Waals surface area contributed by atoms with Crippen LogP contribution in [0.25, 0.3) is 0 Å². The molecule has 30 heavy (non-hydrogen) atoms. The van der Waals surface area contributed by atoms with Crippen LogP contribution in [0.4, 0.5) is 0 Å². The average Bonchev–Trinajstić information content (AvgIpc) is 2.97. The van der Waals surface area contributed by atoms with E-state index in [2.05, 4.69) is 32.1 Å². The van der Waals surface area contributed by atoms with E-state index in [1.807, 2.05) is 13.8 Å². The molecular weight excluding hydrogens is 376 g/mol. The predicted octanol–water partition coefficient (Wildman–Crippen LogP) is 5.54. The predicted molar refractivity (Wildman–Crippen MR) is 116 cm³/mol. The fourth-order valence-electron chi connectivity index (χ4n) is 7.32. The minimum Gasteiger partial charge on any atom is -0.468 e. The van der Waals surface area contributed by atoms with Gasteiger partial charge in [-0.15, -0.1) is 0 Å². The van der Waals surface area contributed by atoms with Crippen LogP contribution in [0.3, 0.4) is 0 Å². The molecule has 2 saturated carbocycles. The van der Waals surface area contributed by atoms with Crippen molar-refractivity contribution < 1.29 is 19.1 Å². The molecule has 0 aromatic carbocycles. The van der Waals surface area contributed by atoms with Crippen LogP contribution in [0, 0.1) is 27.6 Å². The summed E-state index contributed by atoms with van der Waals surface area (Å²) >= 11 is 0. The minimum atomic E-state index is -0.850. The Morgan fingerprint density at radius 3 is 2.53 bits per heavy atom. The van der Waals surface area contributed by atoms with Crippen LogP contribution >= 0.6 is 0 Å².